The van der Waals surface area contributed by atoms with Crippen molar-refractivity contribution in [2.75, 3.05) is 17.7 Å². The first kappa shape index (κ1) is 9.65. The van der Waals surface area contributed by atoms with Gasteiger partial charge in [0.2, 0.25) is 0 Å². The number of nitrogens with zero attached hydrogens (tertiary/aromatic N) is 1. The molecule has 3 heteroatoms. The van der Waals surface area contributed by atoms with E-state index in [0.717, 1.165) is 23.5 Å². The smallest absolute Gasteiger partial charge is 0.0952 e. The van der Waals surface area contributed by atoms with Gasteiger partial charge in [0.15, 0.2) is 0 Å². The molecule has 0 radical (unpaired) electrons. The lowest BCUT2D eigenvalue weighted by Crippen LogP contribution is -2.15. The van der Waals surface area contributed by atoms with Gasteiger partial charge in [0, 0.05) is 30.5 Å². The van der Waals surface area contributed by atoms with Crippen LogP contribution in [0, 0.1) is 0 Å². The van der Waals surface area contributed by atoms with E-state index in [1.54, 1.807) is 12.5 Å². The van der Waals surface area contributed by atoms with E-state index in [1.807, 2.05) is 37.4 Å². The topological polar surface area (TPSA) is 42.4 Å². The molecule has 78 valence electrons. The highest BCUT2D eigenvalue weighted by molar-refractivity contribution is 5.55. The zero-order valence-electron chi connectivity index (χ0n) is 8.68. The number of anilines is 2. The Morgan fingerprint density at radius 3 is 2.87 bits per heavy atom. The molecule has 0 amide bonds. The van der Waals surface area contributed by atoms with Crippen LogP contribution in [-0.4, -0.2) is 7.05 Å². The van der Waals surface area contributed by atoms with Gasteiger partial charge in [-0.1, -0.05) is 6.07 Å². The molecule has 2 rings (SSSR count). The first-order valence-electron chi connectivity index (χ1n) is 4.83. The molecule has 0 spiro atoms. The highest BCUT2D eigenvalue weighted by atomic mass is 16.3. The van der Waals surface area contributed by atoms with E-state index in [1.165, 1.54) is 0 Å². The molecule has 0 unspecified atom stereocenters. The van der Waals surface area contributed by atoms with Crippen LogP contribution >= 0.6 is 0 Å². The maximum absolute atomic E-state index is 5.72. The number of hydrogen-bond donors (Lipinski definition) is 1. The van der Waals surface area contributed by atoms with Crippen LogP contribution in [0.1, 0.15) is 5.56 Å². The summed E-state index contributed by atoms with van der Waals surface area (Å²) in [5, 5.41) is 0. The van der Waals surface area contributed by atoms with Gasteiger partial charge in [-0.05, 0) is 24.3 Å². The highest BCUT2D eigenvalue weighted by Crippen LogP contribution is 2.18. The van der Waals surface area contributed by atoms with Gasteiger partial charge in [0.05, 0.1) is 12.5 Å². The zero-order chi connectivity index (χ0) is 10.7. The van der Waals surface area contributed by atoms with Crippen LogP contribution < -0.4 is 10.6 Å². The van der Waals surface area contributed by atoms with Crippen LogP contribution in [0.4, 0.5) is 11.4 Å². The molecule has 0 atom stereocenters. The number of furan rings is 1. The summed E-state index contributed by atoms with van der Waals surface area (Å²) in [6.07, 6.45) is 3.44. The fourth-order valence-corrected chi connectivity index (χ4v) is 1.51. The molecule has 0 aliphatic rings. The van der Waals surface area contributed by atoms with Gasteiger partial charge in [-0.3, -0.25) is 0 Å². The largest absolute Gasteiger partial charge is 0.472 e. The Labute approximate surface area is 89.1 Å². The van der Waals surface area contributed by atoms with E-state index in [2.05, 4.69) is 4.90 Å². The lowest BCUT2D eigenvalue weighted by Gasteiger charge is -2.18. The molecule has 1 aromatic carbocycles. The molecule has 3 nitrogen and oxygen atoms in total. The Morgan fingerprint density at radius 2 is 2.20 bits per heavy atom. The van der Waals surface area contributed by atoms with E-state index in [9.17, 15) is 0 Å². The van der Waals surface area contributed by atoms with E-state index < -0.39 is 0 Å². The summed E-state index contributed by atoms with van der Waals surface area (Å²) in [6.45, 7) is 0.819. The van der Waals surface area contributed by atoms with Crippen LogP contribution in [0.5, 0.6) is 0 Å². The van der Waals surface area contributed by atoms with Crippen LogP contribution in [0.15, 0.2) is 47.3 Å². The maximum atomic E-state index is 5.72. The molecule has 0 bridgehead atoms. The molecule has 15 heavy (non-hydrogen) atoms. The van der Waals surface area contributed by atoms with Crippen LogP contribution in [-0.2, 0) is 6.54 Å². The lowest BCUT2D eigenvalue weighted by atomic mass is 10.2. The molecule has 2 aromatic rings. The Kier molecular flexibility index (Phi) is 2.63. The minimum atomic E-state index is 0.784. The average Bonchev–Trinajstić information content (AvgIpc) is 2.70. The van der Waals surface area contributed by atoms with E-state index in [4.69, 9.17) is 10.2 Å². The second-order valence-electron chi connectivity index (χ2n) is 3.58. The molecule has 1 aromatic heterocycles. The number of hydrogen-bond acceptors (Lipinski definition) is 3. The predicted octanol–water partition coefficient (Wildman–Crippen LogP) is 2.50. The highest BCUT2D eigenvalue weighted by Gasteiger charge is 2.02. The first-order valence-corrected chi connectivity index (χ1v) is 4.83. The molecule has 0 aliphatic carbocycles. The number of nitrogen functional groups attached to an aromatic ring is 1. The summed E-state index contributed by atoms with van der Waals surface area (Å²) in [7, 11) is 2.03. The summed E-state index contributed by atoms with van der Waals surface area (Å²) in [5.41, 5.74) is 8.77. The average molecular weight is 202 g/mol. The Bertz CT molecular complexity index is 423. The molecular weight excluding hydrogens is 188 g/mol. The van der Waals surface area contributed by atoms with E-state index in [0.29, 0.717) is 0 Å². The predicted molar refractivity (Wildman–Crippen MR) is 61.7 cm³/mol. The molecule has 0 saturated carbocycles. The third-order valence-electron chi connectivity index (χ3n) is 2.31. The monoisotopic (exact) mass is 202 g/mol. The fourth-order valence-electron chi connectivity index (χ4n) is 1.51. The summed E-state index contributed by atoms with van der Waals surface area (Å²) in [6, 6.07) is 9.80. The number of nitrogens with two attached hydrogens (primary N) is 1. The minimum Gasteiger partial charge on any atom is -0.472 e. The summed E-state index contributed by atoms with van der Waals surface area (Å²) in [5.74, 6) is 0. The summed E-state index contributed by atoms with van der Waals surface area (Å²) in [4.78, 5) is 2.13. The third kappa shape index (κ3) is 2.31. The van der Waals surface area contributed by atoms with Crippen molar-refractivity contribution in [1.29, 1.82) is 0 Å². The molecule has 0 fully saturated rings. The van der Waals surface area contributed by atoms with Gasteiger partial charge in [-0.15, -0.1) is 0 Å². The third-order valence-corrected chi connectivity index (χ3v) is 2.31. The van der Waals surface area contributed by atoms with Crippen molar-refractivity contribution in [2.24, 2.45) is 0 Å². The van der Waals surface area contributed by atoms with Gasteiger partial charge in [0.1, 0.15) is 0 Å². The standard InChI is InChI=1S/C12H14N2O/c1-14(8-10-5-6-15-9-10)12-4-2-3-11(13)7-12/h2-7,9H,8,13H2,1H3. The Balaban J connectivity index is 2.11. The van der Waals surface area contributed by atoms with Gasteiger partial charge in [-0.2, -0.15) is 0 Å². The number of rotatable bonds is 3. The second-order valence-corrected chi connectivity index (χ2v) is 3.58. The summed E-state index contributed by atoms with van der Waals surface area (Å²) >= 11 is 0. The Hall–Kier alpha value is -1.90. The van der Waals surface area contributed by atoms with Crippen LogP contribution in [0.25, 0.3) is 0 Å². The number of benzene rings is 1. The maximum Gasteiger partial charge on any atom is 0.0952 e. The van der Waals surface area contributed by atoms with Gasteiger partial charge < -0.3 is 15.1 Å². The van der Waals surface area contributed by atoms with Gasteiger partial charge >= 0.3 is 0 Å². The SMILES string of the molecule is CN(Cc1ccoc1)c1cccc(N)c1. The fraction of sp³-hybridized carbons (Fsp3) is 0.167. The quantitative estimate of drug-likeness (QED) is 0.777. The molecule has 0 saturated heterocycles. The molecule has 0 aliphatic heterocycles. The van der Waals surface area contributed by atoms with Crippen LogP contribution in [0.2, 0.25) is 0 Å². The zero-order valence-corrected chi connectivity index (χ0v) is 8.68. The van der Waals surface area contributed by atoms with Crippen molar-refractivity contribution in [3.63, 3.8) is 0 Å². The van der Waals surface area contributed by atoms with E-state index in [-0.39, 0.29) is 0 Å². The lowest BCUT2D eigenvalue weighted by molar-refractivity contribution is 0.563. The van der Waals surface area contributed by atoms with Crippen molar-refractivity contribution in [3.8, 4) is 0 Å². The summed E-state index contributed by atoms with van der Waals surface area (Å²) < 4.78 is 5.02. The minimum absolute atomic E-state index is 0.784. The van der Waals surface area contributed by atoms with Gasteiger partial charge in [-0.25, -0.2) is 0 Å². The normalized spacial score (nSPS) is 10.2. The van der Waals surface area contributed by atoms with Crippen LogP contribution in [0.3, 0.4) is 0 Å². The van der Waals surface area contributed by atoms with Crippen molar-refractivity contribution < 1.29 is 4.42 Å². The van der Waals surface area contributed by atoms with Crippen molar-refractivity contribution >= 4 is 11.4 Å². The second kappa shape index (κ2) is 4.09. The van der Waals surface area contributed by atoms with E-state index >= 15 is 0 Å². The van der Waals surface area contributed by atoms with Crippen molar-refractivity contribution in [2.45, 2.75) is 6.54 Å². The first-order chi connectivity index (χ1) is 7.25. The molecular formula is C12H14N2O. The van der Waals surface area contributed by atoms with Gasteiger partial charge in [0.25, 0.3) is 0 Å². The van der Waals surface area contributed by atoms with Crippen molar-refractivity contribution in [3.05, 3.63) is 48.4 Å². The molecule has 1 heterocycles. The molecule has 2 N–H and O–H groups in total. The Morgan fingerprint density at radius 1 is 1.33 bits per heavy atom. The van der Waals surface area contributed by atoms with Crippen molar-refractivity contribution in [1.82, 2.24) is 0 Å².